The highest BCUT2D eigenvalue weighted by molar-refractivity contribution is 4.79. The Morgan fingerprint density at radius 2 is 0.641 bits per heavy atom. The Morgan fingerprint density at radius 1 is 0.359 bits per heavy atom. The lowest BCUT2D eigenvalue weighted by molar-refractivity contribution is 0.152. The van der Waals surface area contributed by atoms with Gasteiger partial charge in [-0.15, -0.1) is 0 Å². The molecule has 0 aromatic heterocycles. The second-order valence-electron chi connectivity index (χ2n) is 30.8. The Morgan fingerprint density at radius 3 is 0.731 bits per heavy atom. The van der Waals surface area contributed by atoms with Crippen LogP contribution in [0.1, 0.15) is 419 Å². The molecule has 3 atom stereocenters. The van der Waals surface area contributed by atoms with Gasteiger partial charge < -0.3 is 0 Å². The minimum atomic E-state index is 0.500. The summed E-state index contributed by atoms with van der Waals surface area (Å²) in [6.45, 7) is 93.0. The summed E-state index contributed by atoms with van der Waals surface area (Å²) in [5.41, 5.74) is 2.90. The van der Waals surface area contributed by atoms with E-state index in [1.165, 1.54) is 135 Å². The van der Waals surface area contributed by atoms with Gasteiger partial charge in [0.25, 0.3) is 0 Å². The summed E-state index contributed by atoms with van der Waals surface area (Å²) in [5.74, 6) is 9.80. The van der Waals surface area contributed by atoms with Crippen molar-refractivity contribution in [1.82, 2.24) is 0 Å². The Hall–Kier alpha value is 0. The first-order valence-corrected chi connectivity index (χ1v) is 35.4. The number of hydrogen-bond acceptors (Lipinski definition) is 0. The first-order chi connectivity index (χ1) is 35.4. The van der Waals surface area contributed by atoms with Crippen molar-refractivity contribution in [1.29, 1.82) is 0 Å². The maximum absolute atomic E-state index is 2.43. The number of rotatable bonds is 19. The molecule has 0 spiro atoms. The average molecular weight is 1110 g/mol. The van der Waals surface area contributed by atoms with Crippen LogP contribution in [0.4, 0.5) is 0 Å². The Labute approximate surface area is 508 Å². The third-order valence-corrected chi connectivity index (χ3v) is 19.4. The fraction of sp³-hybridized carbons (Fsp3) is 1.00. The SMILES string of the molecule is CC(C)C.CC(C)C(C)(C)C.CC(C)C(C)C(C)C.CCC(C)(C)C.CCC(C)(C)C1CCCCC1.CCC(C)(C)CC.CCC(C)C.CCC(C)C(C)CC.CCC(C)CC.CCC(CC)(CC)CC.CCCC(C)CC. The quantitative estimate of drug-likeness (QED) is 0.121. The van der Waals surface area contributed by atoms with E-state index in [-0.39, 0.29) is 0 Å². The average Bonchev–Trinajstić information content (AvgIpc) is 3.39. The number of hydrogen-bond donors (Lipinski definition) is 0. The molecule has 0 aliphatic heterocycles. The van der Waals surface area contributed by atoms with Crippen LogP contribution >= 0.6 is 0 Å². The van der Waals surface area contributed by atoms with Gasteiger partial charge in [0.15, 0.2) is 0 Å². The van der Waals surface area contributed by atoms with Crippen molar-refractivity contribution >= 4 is 0 Å². The van der Waals surface area contributed by atoms with E-state index in [9.17, 15) is 0 Å². The molecule has 0 saturated heterocycles. The van der Waals surface area contributed by atoms with Gasteiger partial charge in [-0.25, -0.2) is 0 Å². The van der Waals surface area contributed by atoms with Crippen LogP contribution in [0.25, 0.3) is 0 Å². The first kappa shape index (κ1) is 100. The Kier molecular flexibility index (Phi) is 80.8. The van der Waals surface area contributed by atoms with Crippen LogP contribution in [0.15, 0.2) is 0 Å². The zero-order valence-corrected chi connectivity index (χ0v) is 64.7. The van der Waals surface area contributed by atoms with Crippen molar-refractivity contribution in [3.05, 3.63) is 0 Å². The summed E-state index contributed by atoms with van der Waals surface area (Å²) in [5, 5.41) is 0. The third kappa shape index (κ3) is 84.8. The van der Waals surface area contributed by atoms with Gasteiger partial charge in [0.1, 0.15) is 0 Å². The summed E-state index contributed by atoms with van der Waals surface area (Å²) >= 11 is 0. The standard InChI is InChI=1S/C11H22.C9H20.2C8H18.3C7H16.2C6H14.C5H12.C4H10/c1-4-11(2,3)10-8-6-5-7-9-10;1-5-9(6-2,7-3)8-4;1-6(2)8(5)7(3)4;1-5-7(3)8(4)6-2;1-6(2)7(3,4)5;1-5-7(3,4)6-2;1-4-6-7(3)5-2;1-5-6(2,3)4;1-4-6(3)5-2;1-4-5(2)3;1-4(2)3/h10H,4-9H2,1-3H3;5-8H2,1-4H3;6-8H,1-5H3;7-8H,5-6H2,1-4H3;6H,1-5H3;5-6H2,1-4H3;7H,4-6H2,1-3H3;5H2,1-4H3;6H,4-5H2,1-3H3;5H,4H2,1-3H3;4H,1-3H3. The second-order valence-corrected chi connectivity index (χ2v) is 30.8. The molecule has 1 rings (SSSR count). The van der Waals surface area contributed by atoms with E-state index in [0.29, 0.717) is 27.1 Å². The summed E-state index contributed by atoms with van der Waals surface area (Å²) in [6.07, 6.45) is 28.7. The molecule has 1 fully saturated rings. The van der Waals surface area contributed by atoms with Crippen LogP contribution in [0.3, 0.4) is 0 Å². The van der Waals surface area contributed by atoms with Crippen molar-refractivity contribution in [3.63, 3.8) is 0 Å². The molecule has 3 unspecified atom stereocenters. The maximum atomic E-state index is 2.43. The van der Waals surface area contributed by atoms with Gasteiger partial charge in [-0.05, 0) is 105 Å². The molecule has 0 amide bonds. The van der Waals surface area contributed by atoms with Crippen LogP contribution in [-0.2, 0) is 0 Å². The predicted octanol–water partition coefficient (Wildman–Crippen LogP) is 30.6. The van der Waals surface area contributed by atoms with Crippen LogP contribution < -0.4 is 0 Å². The minimum Gasteiger partial charge on any atom is -0.0654 e. The van der Waals surface area contributed by atoms with Crippen molar-refractivity contribution < 1.29 is 0 Å². The molecule has 0 aromatic rings. The second kappa shape index (κ2) is 63.0. The zero-order chi connectivity index (χ0) is 64.7. The lowest BCUT2D eigenvalue weighted by Crippen LogP contribution is -2.25. The first-order valence-electron chi connectivity index (χ1n) is 35.4. The van der Waals surface area contributed by atoms with E-state index in [4.69, 9.17) is 0 Å². The van der Waals surface area contributed by atoms with Crippen molar-refractivity contribution in [3.8, 4) is 0 Å². The predicted molar refractivity (Wildman–Crippen MR) is 380 cm³/mol. The van der Waals surface area contributed by atoms with E-state index in [2.05, 4.69) is 284 Å². The zero-order valence-electron chi connectivity index (χ0n) is 64.7. The van der Waals surface area contributed by atoms with Gasteiger partial charge in [0, 0.05) is 0 Å². The third-order valence-electron chi connectivity index (χ3n) is 19.4. The van der Waals surface area contributed by atoms with Crippen LogP contribution in [-0.4, -0.2) is 0 Å². The highest BCUT2D eigenvalue weighted by Gasteiger charge is 2.28. The van der Waals surface area contributed by atoms with E-state index in [1.54, 1.807) is 0 Å². The van der Waals surface area contributed by atoms with E-state index in [1.807, 2.05) is 0 Å². The summed E-state index contributed by atoms with van der Waals surface area (Å²) < 4.78 is 0. The molecule has 488 valence electrons. The fourth-order valence-electron chi connectivity index (χ4n) is 6.48. The molecular formula is C78H176. The van der Waals surface area contributed by atoms with E-state index < -0.39 is 0 Å². The van der Waals surface area contributed by atoms with Crippen molar-refractivity contribution in [2.45, 2.75) is 419 Å². The summed E-state index contributed by atoms with van der Waals surface area (Å²) in [4.78, 5) is 0. The van der Waals surface area contributed by atoms with Crippen LogP contribution in [0, 0.1) is 92.2 Å². The molecule has 0 heterocycles. The summed E-state index contributed by atoms with van der Waals surface area (Å²) in [7, 11) is 0. The largest absolute Gasteiger partial charge is 0.0654 e. The topological polar surface area (TPSA) is 0 Å². The van der Waals surface area contributed by atoms with Crippen molar-refractivity contribution in [2.24, 2.45) is 92.2 Å². The van der Waals surface area contributed by atoms with Crippen molar-refractivity contribution in [2.75, 3.05) is 0 Å². The Bertz CT molecular complexity index is 975. The fourth-order valence-corrected chi connectivity index (χ4v) is 6.48. The lowest BCUT2D eigenvalue weighted by atomic mass is 9.70. The minimum absolute atomic E-state index is 0.500. The molecular weight excluding hydrogens is 937 g/mol. The van der Waals surface area contributed by atoms with Gasteiger partial charge in [-0.3, -0.25) is 0 Å². The monoisotopic (exact) mass is 1110 g/mol. The molecule has 0 bridgehead atoms. The van der Waals surface area contributed by atoms with E-state index in [0.717, 1.165) is 65.1 Å². The van der Waals surface area contributed by atoms with Gasteiger partial charge >= 0.3 is 0 Å². The summed E-state index contributed by atoms with van der Waals surface area (Å²) in [6, 6.07) is 0. The molecule has 0 N–H and O–H groups in total. The van der Waals surface area contributed by atoms with Gasteiger partial charge in [0.2, 0.25) is 0 Å². The maximum Gasteiger partial charge on any atom is -0.0308 e. The normalized spacial score (nSPS) is 13.8. The Balaban J connectivity index is -0.0000000823. The lowest BCUT2D eigenvalue weighted by Gasteiger charge is -2.36. The van der Waals surface area contributed by atoms with Gasteiger partial charge in [0.05, 0.1) is 0 Å². The highest BCUT2D eigenvalue weighted by atomic mass is 14.3. The van der Waals surface area contributed by atoms with Gasteiger partial charge in [-0.1, -0.05) is 406 Å². The molecule has 1 aliphatic carbocycles. The molecule has 0 nitrogen and oxygen atoms in total. The molecule has 1 aliphatic rings. The highest BCUT2D eigenvalue weighted by Crippen LogP contribution is 2.40. The molecule has 0 aromatic carbocycles. The van der Waals surface area contributed by atoms with Gasteiger partial charge in [-0.2, -0.15) is 0 Å². The van der Waals surface area contributed by atoms with E-state index >= 15 is 0 Å². The molecule has 1 saturated carbocycles. The molecule has 0 radical (unpaired) electrons. The van der Waals surface area contributed by atoms with Crippen LogP contribution in [0.5, 0.6) is 0 Å². The molecule has 0 heteroatoms. The van der Waals surface area contributed by atoms with Crippen LogP contribution in [0.2, 0.25) is 0 Å². The smallest absolute Gasteiger partial charge is 0.0308 e. The molecule has 78 heavy (non-hydrogen) atoms.